The average molecular weight is 402 g/mol. The molecule has 1 amide bonds. The number of hydrogen-bond acceptors (Lipinski definition) is 6. The van der Waals surface area contributed by atoms with Crippen molar-refractivity contribution in [3.63, 3.8) is 0 Å². The highest BCUT2D eigenvalue weighted by molar-refractivity contribution is 6.61. The molecule has 1 aromatic rings. The monoisotopic (exact) mass is 402 g/mol. The molecule has 0 aliphatic carbocycles. The minimum absolute atomic E-state index is 0.161. The summed E-state index contributed by atoms with van der Waals surface area (Å²) in [5.74, 6) is 1.30. The molecule has 1 aromatic heterocycles. The lowest BCUT2D eigenvalue weighted by atomic mass is 9.81. The first-order valence-electron chi connectivity index (χ1n) is 10.7. The van der Waals surface area contributed by atoms with Crippen molar-refractivity contribution in [3.8, 4) is 0 Å². The maximum absolute atomic E-state index is 11.8. The van der Waals surface area contributed by atoms with Gasteiger partial charge in [0.2, 0.25) is 11.9 Å². The van der Waals surface area contributed by atoms with Crippen LogP contribution < -0.4 is 10.4 Å². The van der Waals surface area contributed by atoms with E-state index in [1.165, 1.54) is 0 Å². The number of carbonyl (C=O) groups is 1. The Hall–Kier alpha value is -1.67. The van der Waals surface area contributed by atoms with Gasteiger partial charge in [-0.1, -0.05) is 0 Å². The van der Waals surface area contributed by atoms with Crippen LogP contribution in [0.5, 0.6) is 0 Å². The highest BCUT2D eigenvalue weighted by atomic mass is 16.7. The predicted molar refractivity (Wildman–Crippen MR) is 115 cm³/mol. The van der Waals surface area contributed by atoms with Gasteiger partial charge in [-0.05, 0) is 60.3 Å². The van der Waals surface area contributed by atoms with Crippen molar-refractivity contribution < 1.29 is 14.1 Å². The van der Waals surface area contributed by atoms with Gasteiger partial charge in [-0.25, -0.2) is 9.97 Å². The topological polar surface area (TPSA) is 67.8 Å². The Morgan fingerprint density at radius 3 is 2.34 bits per heavy atom. The normalized spacial score (nSPS) is 23.5. The SMILES string of the molecule is CC(=O)N1CCC[C@H](CN(c2ncc(B3OC(C)(C)C(C)(C)O3)cn2)C(C)C)C1. The summed E-state index contributed by atoms with van der Waals surface area (Å²) < 4.78 is 12.2. The number of amides is 1. The number of anilines is 1. The van der Waals surface area contributed by atoms with Crippen LogP contribution in [-0.4, -0.2) is 64.8 Å². The van der Waals surface area contributed by atoms with Crippen LogP contribution in [0.2, 0.25) is 0 Å². The lowest BCUT2D eigenvalue weighted by Gasteiger charge is -2.36. The van der Waals surface area contributed by atoms with Crippen molar-refractivity contribution >= 4 is 24.4 Å². The molecule has 0 radical (unpaired) electrons. The van der Waals surface area contributed by atoms with Crippen LogP contribution in [0.1, 0.15) is 61.3 Å². The lowest BCUT2D eigenvalue weighted by Crippen LogP contribution is -2.45. The summed E-state index contributed by atoms with van der Waals surface area (Å²) in [4.78, 5) is 25.2. The number of nitrogens with zero attached hydrogens (tertiary/aromatic N) is 4. The van der Waals surface area contributed by atoms with Crippen LogP contribution in [0.3, 0.4) is 0 Å². The van der Waals surface area contributed by atoms with E-state index < -0.39 is 7.12 Å². The Bertz CT molecular complexity index is 707. The number of likely N-dealkylation sites (tertiary alicyclic amines) is 1. The summed E-state index contributed by atoms with van der Waals surface area (Å²) in [7, 11) is -0.455. The first-order valence-corrected chi connectivity index (χ1v) is 10.7. The zero-order valence-electron chi connectivity index (χ0n) is 18.9. The minimum atomic E-state index is -0.455. The molecule has 2 saturated heterocycles. The molecule has 2 aliphatic heterocycles. The van der Waals surface area contributed by atoms with E-state index in [4.69, 9.17) is 9.31 Å². The van der Waals surface area contributed by atoms with Gasteiger partial charge in [0.25, 0.3) is 0 Å². The highest BCUT2D eigenvalue weighted by Gasteiger charge is 2.52. The maximum atomic E-state index is 11.8. The van der Waals surface area contributed by atoms with E-state index in [9.17, 15) is 4.79 Å². The standard InChI is InChI=1S/C21H35BN4O3/c1-15(2)26(14-17-9-8-10-25(13-17)16(3)27)19-23-11-18(12-24-19)22-28-20(4,5)21(6,7)29-22/h11-12,15,17H,8-10,13-14H2,1-7H3/t17-/m0/s1. The van der Waals surface area contributed by atoms with Gasteiger partial charge in [0.1, 0.15) is 0 Å². The smallest absolute Gasteiger partial charge is 0.399 e. The van der Waals surface area contributed by atoms with Crippen molar-refractivity contribution in [2.75, 3.05) is 24.5 Å². The van der Waals surface area contributed by atoms with E-state index in [-0.39, 0.29) is 23.2 Å². The Balaban J connectivity index is 1.70. The van der Waals surface area contributed by atoms with E-state index >= 15 is 0 Å². The summed E-state index contributed by atoms with van der Waals surface area (Å²) in [5.41, 5.74) is 0.0600. The molecule has 0 unspecified atom stereocenters. The Morgan fingerprint density at radius 2 is 1.83 bits per heavy atom. The van der Waals surface area contributed by atoms with Crippen LogP contribution in [0.15, 0.2) is 12.4 Å². The fraction of sp³-hybridized carbons (Fsp3) is 0.762. The molecule has 7 nitrogen and oxygen atoms in total. The Kier molecular flexibility index (Phi) is 6.25. The summed E-state index contributed by atoms with van der Waals surface area (Å²) in [6.07, 6.45) is 5.79. The molecule has 2 fully saturated rings. The van der Waals surface area contributed by atoms with Crippen LogP contribution in [-0.2, 0) is 14.1 Å². The molecule has 0 aromatic carbocycles. The van der Waals surface area contributed by atoms with Gasteiger partial charge in [-0.2, -0.15) is 0 Å². The van der Waals surface area contributed by atoms with Crippen LogP contribution in [0.25, 0.3) is 0 Å². The molecule has 1 atom stereocenters. The van der Waals surface area contributed by atoms with Gasteiger partial charge in [-0.3, -0.25) is 4.79 Å². The zero-order chi connectivity index (χ0) is 21.4. The summed E-state index contributed by atoms with van der Waals surface area (Å²) >= 11 is 0. The highest BCUT2D eigenvalue weighted by Crippen LogP contribution is 2.36. The fourth-order valence-corrected chi connectivity index (χ4v) is 3.88. The first kappa shape index (κ1) is 22.0. The third-order valence-electron chi connectivity index (χ3n) is 6.48. The van der Waals surface area contributed by atoms with E-state index in [0.717, 1.165) is 37.9 Å². The second-order valence-electron chi connectivity index (χ2n) is 9.62. The van der Waals surface area contributed by atoms with Crippen molar-refractivity contribution in [2.45, 2.75) is 78.6 Å². The van der Waals surface area contributed by atoms with Crippen molar-refractivity contribution in [2.24, 2.45) is 5.92 Å². The van der Waals surface area contributed by atoms with Crippen LogP contribution in [0.4, 0.5) is 5.95 Å². The van der Waals surface area contributed by atoms with Crippen LogP contribution in [0, 0.1) is 5.92 Å². The molecule has 0 N–H and O–H groups in total. The molecule has 0 bridgehead atoms. The van der Waals surface area contributed by atoms with E-state index in [1.807, 2.05) is 45.0 Å². The van der Waals surface area contributed by atoms with E-state index in [1.54, 1.807) is 6.92 Å². The molecule has 0 spiro atoms. The number of hydrogen-bond donors (Lipinski definition) is 0. The van der Waals surface area contributed by atoms with Crippen molar-refractivity contribution in [1.82, 2.24) is 14.9 Å². The van der Waals surface area contributed by atoms with E-state index in [0.29, 0.717) is 11.9 Å². The molecular formula is C21H35BN4O3. The number of aromatic nitrogens is 2. The Labute approximate surface area is 175 Å². The van der Waals surface area contributed by atoms with Crippen LogP contribution >= 0.6 is 0 Å². The van der Waals surface area contributed by atoms with Gasteiger partial charge >= 0.3 is 7.12 Å². The number of carbonyl (C=O) groups excluding carboxylic acids is 1. The van der Waals surface area contributed by atoms with Gasteiger partial charge < -0.3 is 19.1 Å². The number of rotatable bonds is 5. The lowest BCUT2D eigenvalue weighted by molar-refractivity contribution is -0.130. The fourth-order valence-electron chi connectivity index (χ4n) is 3.88. The number of piperidine rings is 1. The van der Waals surface area contributed by atoms with Gasteiger partial charge in [-0.15, -0.1) is 0 Å². The van der Waals surface area contributed by atoms with Gasteiger partial charge in [0, 0.05) is 50.5 Å². The van der Waals surface area contributed by atoms with Gasteiger partial charge in [0.05, 0.1) is 11.2 Å². The first-order chi connectivity index (χ1) is 13.5. The molecule has 29 heavy (non-hydrogen) atoms. The molecule has 8 heteroatoms. The molecular weight excluding hydrogens is 367 g/mol. The molecule has 3 rings (SSSR count). The molecule has 160 valence electrons. The average Bonchev–Trinajstić information content (AvgIpc) is 2.87. The molecule has 0 saturated carbocycles. The summed E-state index contributed by atoms with van der Waals surface area (Å²) in [6.45, 7) is 16.6. The molecule has 3 heterocycles. The van der Waals surface area contributed by atoms with Gasteiger partial charge in [0.15, 0.2) is 0 Å². The largest absolute Gasteiger partial charge is 0.498 e. The third-order valence-corrected chi connectivity index (χ3v) is 6.48. The predicted octanol–water partition coefficient (Wildman–Crippen LogP) is 2.25. The Morgan fingerprint density at radius 1 is 1.24 bits per heavy atom. The van der Waals surface area contributed by atoms with Crippen molar-refractivity contribution in [3.05, 3.63) is 12.4 Å². The minimum Gasteiger partial charge on any atom is -0.399 e. The zero-order valence-corrected chi connectivity index (χ0v) is 18.9. The summed E-state index contributed by atoms with van der Waals surface area (Å²) in [6, 6.07) is 0.269. The van der Waals surface area contributed by atoms with E-state index in [2.05, 4.69) is 28.7 Å². The maximum Gasteiger partial charge on any atom is 0.498 e. The summed E-state index contributed by atoms with van der Waals surface area (Å²) in [5, 5.41) is 0. The molecule has 2 aliphatic rings. The second-order valence-corrected chi connectivity index (χ2v) is 9.62. The quantitative estimate of drug-likeness (QED) is 0.704. The third kappa shape index (κ3) is 4.74. The van der Waals surface area contributed by atoms with Crippen molar-refractivity contribution in [1.29, 1.82) is 0 Å². The second kappa shape index (κ2) is 8.22.